The Morgan fingerprint density at radius 3 is 2.76 bits per heavy atom. The number of hydrogen-bond acceptors (Lipinski definition) is 4. The van der Waals surface area contributed by atoms with Crippen molar-refractivity contribution in [3.8, 4) is 0 Å². The molecular weight excluding hydrogens is 337 g/mol. The summed E-state index contributed by atoms with van der Waals surface area (Å²) in [6, 6.07) is 5.92. The maximum absolute atomic E-state index is 13.3. The number of amides is 1. The van der Waals surface area contributed by atoms with Gasteiger partial charge >= 0.3 is 6.18 Å². The fourth-order valence-corrected chi connectivity index (χ4v) is 3.19. The van der Waals surface area contributed by atoms with E-state index in [0.717, 1.165) is 6.07 Å². The highest BCUT2D eigenvalue weighted by molar-refractivity contribution is 5.79. The fourth-order valence-electron chi connectivity index (χ4n) is 3.19. The van der Waals surface area contributed by atoms with Gasteiger partial charge in [0.2, 0.25) is 5.91 Å². The third-order valence-electron chi connectivity index (χ3n) is 4.23. The predicted molar refractivity (Wildman–Crippen MR) is 81.5 cm³/mol. The van der Waals surface area contributed by atoms with E-state index in [-0.39, 0.29) is 24.9 Å². The summed E-state index contributed by atoms with van der Waals surface area (Å²) in [6.45, 7) is 1.68. The molecule has 1 aliphatic rings. The molecule has 5 nitrogen and oxygen atoms in total. The van der Waals surface area contributed by atoms with E-state index in [0.29, 0.717) is 11.5 Å². The molecule has 0 bridgehead atoms. The minimum absolute atomic E-state index is 0.00349. The van der Waals surface area contributed by atoms with Crippen molar-refractivity contribution in [2.75, 3.05) is 6.54 Å². The molecule has 1 fully saturated rings. The van der Waals surface area contributed by atoms with Crippen LogP contribution in [0.4, 0.5) is 13.2 Å². The number of rotatable bonds is 3. The summed E-state index contributed by atoms with van der Waals surface area (Å²) in [5.74, 6) is 0.148. The van der Waals surface area contributed by atoms with Crippen molar-refractivity contribution >= 4 is 5.91 Å². The monoisotopic (exact) mass is 354 g/mol. The largest absolute Gasteiger partial charge is 0.416 e. The molecule has 0 radical (unpaired) electrons. The lowest BCUT2D eigenvalue weighted by Gasteiger charge is -2.27. The van der Waals surface area contributed by atoms with Crippen molar-refractivity contribution in [3.63, 3.8) is 0 Å². The van der Waals surface area contributed by atoms with Crippen LogP contribution in [0.2, 0.25) is 0 Å². The fraction of sp³-hybridized carbons (Fsp3) is 0.412. The first-order valence-corrected chi connectivity index (χ1v) is 7.81. The number of carbonyl (C=O) groups is 1. The summed E-state index contributed by atoms with van der Waals surface area (Å²) in [4.78, 5) is 13.9. The number of nitrogens with zero attached hydrogens (tertiary/aromatic N) is 2. The highest BCUT2D eigenvalue weighted by Crippen LogP contribution is 2.40. The zero-order valence-electron chi connectivity index (χ0n) is 13.5. The Morgan fingerprint density at radius 1 is 1.40 bits per heavy atom. The summed E-state index contributed by atoms with van der Waals surface area (Å²) in [5.41, 5.74) is -0.382. The standard InChI is InChI=1S/C17H17F3N2O3/c1-10-6-11(21-25-10)7-16(24)22-9-12(23)8-15(22)13-4-2-3-5-14(13)17(18,19)20/h2-6,12,15,23H,7-9H2,1H3/t12-,15-/m1/s1. The van der Waals surface area contributed by atoms with Crippen molar-refractivity contribution in [3.05, 3.63) is 52.9 Å². The molecule has 1 aromatic carbocycles. The molecule has 0 saturated carbocycles. The molecule has 2 atom stereocenters. The van der Waals surface area contributed by atoms with Crippen LogP contribution in [0.25, 0.3) is 0 Å². The van der Waals surface area contributed by atoms with Crippen molar-refractivity contribution in [1.82, 2.24) is 10.1 Å². The van der Waals surface area contributed by atoms with Crippen LogP contribution in [-0.4, -0.2) is 33.7 Å². The van der Waals surface area contributed by atoms with Crippen molar-refractivity contribution in [1.29, 1.82) is 0 Å². The molecular formula is C17H17F3N2O3. The molecule has 2 aromatic rings. The maximum atomic E-state index is 13.3. The number of aromatic nitrogens is 1. The molecule has 1 N–H and O–H groups in total. The minimum Gasteiger partial charge on any atom is -0.391 e. The van der Waals surface area contributed by atoms with Crippen LogP contribution in [0.5, 0.6) is 0 Å². The van der Waals surface area contributed by atoms with Crippen molar-refractivity contribution < 1.29 is 27.6 Å². The molecule has 0 spiro atoms. The number of carbonyl (C=O) groups excluding carboxylic acids is 1. The van der Waals surface area contributed by atoms with E-state index in [1.807, 2.05) is 0 Å². The number of aliphatic hydroxyl groups excluding tert-OH is 1. The van der Waals surface area contributed by atoms with E-state index in [1.54, 1.807) is 13.0 Å². The van der Waals surface area contributed by atoms with Gasteiger partial charge in [-0.3, -0.25) is 4.79 Å². The van der Waals surface area contributed by atoms with E-state index in [9.17, 15) is 23.1 Å². The third kappa shape index (κ3) is 3.68. The zero-order valence-corrected chi connectivity index (χ0v) is 13.5. The molecule has 2 heterocycles. The van der Waals surface area contributed by atoms with Crippen molar-refractivity contribution in [2.45, 2.75) is 38.1 Å². The summed E-state index contributed by atoms with van der Waals surface area (Å²) >= 11 is 0. The summed E-state index contributed by atoms with van der Waals surface area (Å²) in [5, 5.41) is 13.7. The molecule has 1 aliphatic heterocycles. The van der Waals surface area contributed by atoms with Gasteiger partial charge in [-0.25, -0.2) is 0 Å². The third-order valence-corrected chi connectivity index (χ3v) is 4.23. The van der Waals surface area contributed by atoms with E-state index in [4.69, 9.17) is 4.52 Å². The van der Waals surface area contributed by atoms with E-state index < -0.39 is 29.8 Å². The lowest BCUT2D eigenvalue weighted by atomic mass is 9.97. The molecule has 3 rings (SSSR count). The Morgan fingerprint density at radius 2 is 2.12 bits per heavy atom. The predicted octanol–water partition coefficient (Wildman–Crippen LogP) is 2.88. The summed E-state index contributed by atoms with van der Waals surface area (Å²) < 4.78 is 44.8. The Kier molecular flexibility index (Phi) is 4.55. The van der Waals surface area contributed by atoms with Gasteiger partial charge in [0.25, 0.3) is 0 Å². The first-order valence-electron chi connectivity index (χ1n) is 7.81. The lowest BCUT2D eigenvalue weighted by Crippen LogP contribution is -2.33. The zero-order chi connectivity index (χ0) is 18.2. The van der Waals surface area contributed by atoms with Crippen LogP contribution in [0.3, 0.4) is 0 Å². The Bertz CT molecular complexity index is 772. The van der Waals surface area contributed by atoms with Crippen LogP contribution >= 0.6 is 0 Å². The number of β-amino-alcohol motifs (C(OH)–C–C–N with tert-alkyl or cyclic N) is 1. The normalized spacial score (nSPS) is 20.9. The molecule has 1 saturated heterocycles. The number of hydrogen-bond donors (Lipinski definition) is 1. The van der Waals surface area contributed by atoms with E-state index in [2.05, 4.69) is 5.16 Å². The van der Waals surface area contributed by atoms with Gasteiger partial charge < -0.3 is 14.5 Å². The van der Waals surface area contributed by atoms with Gasteiger partial charge in [-0.05, 0) is 25.0 Å². The van der Waals surface area contributed by atoms with Crippen LogP contribution in [0.1, 0.15) is 35.0 Å². The lowest BCUT2D eigenvalue weighted by molar-refractivity contribution is -0.140. The topological polar surface area (TPSA) is 66.6 Å². The SMILES string of the molecule is Cc1cc(CC(=O)N2C[C@H](O)C[C@@H]2c2ccccc2C(F)(F)F)no1. The molecule has 134 valence electrons. The minimum atomic E-state index is -4.53. The Labute approximate surface area is 142 Å². The molecule has 8 heteroatoms. The van der Waals surface area contributed by atoms with Crippen molar-refractivity contribution in [2.24, 2.45) is 0 Å². The first-order chi connectivity index (χ1) is 11.8. The number of alkyl halides is 3. The molecule has 25 heavy (non-hydrogen) atoms. The molecule has 1 amide bonds. The smallest absolute Gasteiger partial charge is 0.391 e. The average molecular weight is 354 g/mol. The summed E-state index contributed by atoms with van der Waals surface area (Å²) in [7, 11) is 0. The first kappa shape index (κ1) is 17.5. The highest BCUT2D eigenvalue weighted by atomic mass is 19.4. The Balaban J connectivity index is 1.89. The van der Waals surface area contributed by atoms with Crippen LogP contribution < -0.4 is 0 Å². The number of aliphatic hydroxyl groups is 1. The van der Waals surface area contributed by atoms with Gasteiger partial charge in [0.1, 0.15) is 5.76 Å². The second kappa shape index (κ2) is 6.51. The molecule has 0 unspecified atom stereocenters. The Hall–Kier alpha value is -2.35. The number of halogens is 3. The summed E-state index contributed by atoms with van der Waals surface area (Å²) in [6.07, 6.45) is -5.41. The average Bonchev–Trinajstić information content (AvgIpc) is 3.12. The van der Waals surface area contributed by atoms with Gasteiger partial charge in [-0.2, -0.15) is 13.2 Å². The second-order valence-electron chi connectivity index (χ2n) is 6.14. The number of aryl methyl sites for hydroxylation is 1. The van der Waals surface area contributed by atoms with Gasteiger partial charge in [-0.1, -0.05) is 23.4 Å². The van der Waals surface area contributed by atoms with Crippen LogP contribution in [0, 0.1) is 6.92 Å². The van der Waals surface area contributed by atoms with Gasteiger partial charge in [0, 0.05) is 12.6 Å². The molecule has 1 aromatic heterocycles. The van der Waals surface area contributed by atoms with Gasteiger partial charge in [0.15, 0.2) is 0 Å². The molecule has 0 aliphatic carbocycles. The van der Waals surface area contributed by atoms with E-state index >= 15 is 0 Å². The van der Waals surface area contributed by atoms with Crippen LogP contribution in [-0.2, 0) is 17.4 Å². The highest BCUT2D eigenvalue weighted by Gasteiger charge is 2.41. The quantitative estimate of drug-likeness (QED) is 0.920. The second-order valence-corrected chi connectivity index (χ2v) is 6.14. The maximum Gasteiger partial charge on any atom is 0.416 e. The number of benzene rings is 1. The van der Waals surface area contributed by atoms with Gasteiger partial charge in [-0.15, -0.1) is 0 Å². The van der Waals surface area contributed by atoms with Crippen LogP contribution in [0.15, 0.2) is 34.9 Å². The van der Waals surface area contributed by atoms with E-state index in [1.165, 1.54) is 23.1 Å². The van der Waals surface area contributed by atoms with Gasteiger partial charge in [0.05, 0.1) is 29.8 Å². The number of likely N-dealkylation sites (tertiary alicyclic amines) is 1.